The van der Waals surface area contributed by atoms with E-state index in [9.17, 15) is 35.9 Å². The number of carbonyl (C=O) groups is 1. The molecule has 0 fully saturated rings. The summed E-state index contributed by atoms with van der Waals surface area (Å²) in [6.45, 7) is -0.874. The van der Waals surface area contributed by atoms with E-state index in [-0.39, 0.29) is 34.1 Å². The first-order valence-electron chi connectivity index (χ1n) is 10.6. The predicted molar refractivity (Wildman–Crippen MR) is 123 cm³/mol. The average molecular weight is 535 g/mol. The van der Waals surface area contributed by atoms with Crippen LogP contribution in [0.3, 0.4) is 0 Å². The number of benzene rings is 3. The van der Waals surface area contributed by atoms with Crippen molar-refractivity contribution in [2.75, 3.05) is 22.8 Å². The molecule has 0 saturated carbocycles. The number of rotatable bonds is 5. The van der Waals surface area contributed by atoms with E-state index in [1.54, 1.807) is 0 Å². The summed E-state index contributed by atoms with van der Waals surface area (Å²) >= 11 is 0. The maximum Gasteiger partial charge on any atom is 0.417 e. The number of ether oxygens (including phenoxy) is 1. The number of hydrogen-bond acceptors (Lipinski definition) is 6. The highest BCUT2D eigenvalue weighted by atomic mass is 32.2. The number of sulfonamides is 1. The lowest BCUT2D eigenvalue weighted by molar-refractivity contribution is -0.138. The minimum Gasteiger partial charge on any atom is -0.484 e. The molecule has 3 aromatic carbocycles. The van der Waals surface area contributed by atoms with Gasteiger partial charge in [-0.2, -0.15) is 18.4 Å². The van der Waals surface area contributed by atoms with E-state index in [1.165, 1.54) is 30.3 Å². The average Bonchev–Trinajstić information content (AvgIpc) is 2.87. The maximum absolute atomic E-state index is 14.2. The van der Waals surface area contributed by atoms with Gasteiger partial charge in [0, 0.05) is 5.69 Å². The van der Waals surface area contributed by atoms with Crippen LogP contribution in [0, 0.1) is 17.1 Å². The van der Waals surface area contributed by atoms with Gasteiger partial charge in [0.15, 0.2) is 0 Å². The third-order valence-electron chi connectivity index (χ3n) is 5.45. The van der Waals surface area contributed by atoms with Gasteiger partial charge in [0.1, 0.15) is 17.7 Å². The quantitative estimate of drug-likeness (QED) is 0.478. The van der Waals surface area contributed by atoms with Crippen LogP contribution in [0.1, 0.15) is 21.5 Å². The van der Waals surface area contributed by atoms with Gasteiger partial charge in [-0.05, 0) is 48.5 Å². The van der Waals surface area contributed by atoms with E-state index in [1.807, 2.05) is 6.07 Å². The number of alkyl halides is 3. The zero-order valence-corrected chi connectivity index (χ0v) is 19.5. The number of nitrogens with zero attached hydrogens (tertiary/aromatic N) is 2. The molecule has 0 saturated heterocycles. The highest BCUT2D eigenvalue weighted by Gasteiger charge is 2.38. The largest absolute Gasteiger partial charge is 0.484 e. The van der Waals surface area contributed by atoms with Gasteiger partial charge < -0.3 is 15.2 Å². The van der Waals surface area contributed by atoms with Crippen LogP contribution in [0.4, 0.5) is 28.9 Å². The van der Waals surface area contributed by atoms with Gasteiger partial charge >= 0.3 is 6.18 Å². The highest BCUT2D eigenvalue weighted by molar-refractivity contribution is 7.92. The number of anilines is 2. The summed E-state index contributed by atoms with van der Waals surface area (Å²) in [5, 5.41) is 20.9. The summed E-state index contributed by atoms with van der Waals surface area (Å²) in [4.78, 5) is 12.4. The van der Waals surface area contributed by atoms with Gasteiger partial charge in [0.2, 0.25) is 0 Å². The summed E-state index contributed by atoms with van der Waals surface area (Å²) in [6, 6.07) is 12.8. The molecule has 0 spiro atoms. The zero-order chi connectivity index (χ0) is 27.0. The second kappa shape index (κ2) is 9.72. The first-order valence-corrected chi connectivity index (χ1v) is 12.0. The molecule has 3 aromatic rings. The number of aliphatic hydroxyl groups excluding tert-OH is 1. The Morgan fingerprint density at radius 3 is 2.57 bits per heavy atom. The number of fused-ring (bicyclic) bond motifs is 1. The molecular weight excluding hydrogens is 518 g/mol. The van der Waals surface area contributed by atoms with Gasteiger partial charge in [-0.15, -0.1) is 0 Å². The molecule has 0 aliphatic carbocycles. The third kappa shape index (κ3) is 5.07. The van der Waals surface area contributed by atoms with Crippen molar-refractivity contribution in [3.63, 3.8) is 0 Å². The Hall–Kier alpha value is -4.15. The number of halogens is 4. The summed E-state index contributed by atoms with van der Waals surface area (Å²) in [5.74, 6) is -2.78. The molecule has 4 rings (SSSR count). The molecular formula is C24H17F4N3O5S. The van der Waals surface area contributed by atoms with Crippen LogP contribution < -0.4 is 14.4 Å². The lowest BCUT2D eigenvalue weighted by atomic mass is 10.1. The number of nitrogens with one attached hydrogen (secondary N) is 1. The number of carbonyl (C=O) groups excluding carboxylic acids is 1. The van der Waals surface area contributed by atoms with Crippen molar-refractivity contribution >= 4 is 27.3 Å². The van der Waals surface area contributed by atoms with Crippen LogP contribution in [-0.4, -0.2) is 38.7 Å². The van der Waals surface area contributed by atoms with Crippen LogP contribution in [-0.2, 0) is 16.2 Å². The van der Waals surface area contributed by atoms with Gasteiger partial charge in [-0.3, -0.25) is 9.10 Å². The predicted octanol–water partition coefficient (Wildman–Crippen LogP) is 3.92. The molecule has 0 aromatic heterocycles. The van der Waals surface area contributed by atoms with E-state index >= 15 is 0 Å². The first-order chi connectivity index (χ1) is 17.5. The standard InChI is InChI=1S/C24H17F4N3O5S/c25-19-6-2-5-18(24(26,27)28)22(19)23(33)30-15-7-8-21-20(10-15)31(12-16(13-32)36-21)37(34,35)17-4-1-3-14(9-17)11-29/h1-10,16,32H,12-13H2,(H,30,33)/t16-/m1/s1. The van der Waals surface area contributed by atoms with E-state index in [4.69, 9.17) is 10.00 Å². The lowest BCUT2D eigenvalue weighted by Crippen LogP contribution is -2.45. The monoisotopic (exact) mass is 535 g/mol. The summed E-state index contributed by atoms with van der Waals surface area (Å²) in [5.41, 5.74) is -2.84. The van der Waals surface area contributed by atoms with Crippen LogP contribution in [0.25, 0.3) is 0 Å². The second-order valence-corrected chi connectivity index (χ2v) is 9.76. The normalized spacial score (nSPS) is 15.4. The smallest absolute Gasteiger partial charge is 0.417 e. The SMILES string of the molecule is N#Cc1cccc(S(=O)(=O)N2C[C@H](CO)Oc3ccc(NC(=O)c4c(F)cccc4C(F)(F)F)cc32)c1. The summed E-state index contributed by atoms with van der Waals surface area (Å²) in [7, 11) is -4.31. The van der Waals surface area contributed by atoms with Crippen molar-refractivity contribution in [3.05, 3.63) is 83.2 Å². The molecule has 1 atom stereocenters. The molecule has 192 valence electrons. The Bertz CT molecular complexity index is 1520. The van der Waals surface area contributed by atoms with Crippen molar-refractivity contribution in [2.45, 2.75) is 17.2 Å². The Morgan fingerprint density at radius 1 is 1.16 bits per heavy atom. The van der Waals surface area contributed by atoms with Gasteiger partial charge in [-0.1, -0.05) is 12.1 Å². The van der Waals surface area contributed by atoms with Gasteiger partial charge in [0.05, 0.1) is 46.5 Å². The molecule has 0 unspecified atom stereocenters. The molecule has 1 heterocycles. The fourth-order valence-corrected chi connectivity index (χ4v) is 5.30. The molecule has 1 amide bonds. The number of amides is 1. The van der Waals surface area contributed by atoms with Crippen molar-refractivity contribution in [1.29, 1.82) is 5.26 Å². The van der Waals surface area contributed by atoms with Crippen molar-refractivity contribution in [1.82, 2.24) is 0 Å². The molecule has 1 aliphatic heterocycles. The van der Waals surface area contributed by atoms with E-state index in [0.29, 0.717) is 12.1 Å². The second-order valence-electron chi connectivity index (χ2n) is 7.89. The van der Waals surface area contributed by atoms with Crippen molar-refractivity contribution in [2.24, 2.45) is 0 Å². The van der Waals surface area contributed by atoms with Crippen molar-refractivity contribution < 1.29 is 40.6 Å². The maximum atomic E-state index is 14.2. The molecule has 1 aliphatic rings. The van der Waals surface area contributed by atoms with Crippen LogP contribution >= 0.6 is 0 Å². The fourth-order valence-electron chi connectivity index (χ4n) is 3.75. The van der Waals surface area contributed by atoms with Gasteiger partial charge in [-0.25, -0.2) is 12.8 Å². The summed E-state index contributed by atoms with van der Waals surface area (Å²) in [6.07, 6.45) is -5.95. The zero-order valence-electron chi connectivity index (χ0n) is 18.7. The molecule has 37 heavy (non-hydrogen) atoms. The topological polar surface area (TPSA) is 120 Å². The van der Waals surface area contributed by atoms with E-state index in [0.717, 1.165) is 22.5 Å². The Labute approximate surface area is 208 Å². The molecule has 8 nitrogen and oxygen atoms in total. The lowest BCUT2D eigenvalue weighted by Gasteiger charge is -2.35. The number of hydrogen-bond donors (Lipinski definition) is 2. The minimum absolute atomic E-state index is 0.00480. The van der Waals surface area contributed by atoms with E-state index in [2.05, 4.69) is 5.32 Å². The van der Waals surface area contributed by atoms with Crippen LogP contribution in [0.5, 0.6) is 5.75 Å². The summed E-state index contributed by atoms with van der Waals surface area (Å²) < 4.78 is 87.7. The fraction of sp³-hybridized carbons (Fsp3) is 0.167. The Morgan fingerprint density at radius 2 is 1.89 bits per heavy atom. The third-order valence-corrected chi connectivity index (χ3v) is 7.23. The molecule has 2 N–H and O–H groups in total. The minimum atomic E-state index is -5.00. The van der Waals surface area contributed by atoms with Crippen LogP contribution in [0.15, 0.2) is 65.6 Å². The van der Waals surface area contributed by atoms with Gasteiger partial charge in [0.25, 0.3) is 15.9 Å². The molecule has 0 bridgehead atoms. The highest BCUT2D eigenvalue weighted by Crippen LogP contribution is 2.39. The van der Waals surface area contributed by atoms with Crippen LogP contribution in [0.2, 0.25) is 0 Å². The van der Waals surface area contributed by atoms with Crippen molar-refractivity contribution in [3.8, 4) is 11.8 Å². The number of aliphatic hydroxyl groups is 1. The van der Waals surface area contributed by atoms with E-state index < -0.39 is 51.8 Å². The first kappa shape index (κ1) is 25.9. The Kier molecular flexibility index (Phi) is 6.81. The Balaban J connectivity index is 1.75. The molecule has 13 heteroatoms. The number of nitriles is 1. The molecule has 0 radical (unpaired) electrons.